The topological polar surface area (TPSA) is 82.0 Å². The first-order valence-corrected chi connectivity index (χ1v) is 4.33. The van der Waals surface area contributed by atoms with Crippen LogP contribution in [-0.4, -0.2) is 23.4 Å². The van der Waals surface area contributed by atoms with E-state index in [0.717, 1.165) is 0 Å². The van der Waals surface area contributed by atoms with Crippen LogP contribution < -0.4 is 11.5 Å². The van der Waals surface area contributed by atoms with Crippen LogP contribution in [0.15, 0.2) is 36.5 Å². The van der Waals surface area contributed by atoms with E-state index in [4.69, 9.17) is 11.5 Å². The van der Waals surface area contributed by atoms with Crippen LogP contribution in [0.25, 0.3) is 0 Å². The van der Waals surface area contributed by atoms with E-state index in [2.05, 4.69) is 4.98 Å². The highest BCUT2D eigenvalue weighted by Gasteiger charge is 2.12. The number of nitrogens with zero attached hydrogens (tertiary/aromatic N) is 1. The molecule has 0 bridgehead atoms. The Hall–Kier alpha value is -1.52. The lowest BCUT2D eigenvalue weighted by Gasteiger charge is -2.03. The summed E-state index contributed by atoms with van der Waals surface area (Å²) in [6, 6.07) is 4.48. The van der Waals surface area contributed by atoms with Crippen LogP contribution in [0.5, 0.6) is 0 Å². The lowest BCUT2D eigenvalue weighted by Crippen LogP contribution is -2.29. The zero-order chi connectivity index (χ0) is 10.4. The molecular formula is C10H13N3O. The number of nitrogens with two attached hydrogens (primary N) is 2. The van der Waals surface area contributed by atoms with Gasteiger partial charge in [0, 0.05) is 12.7 Å². The quantitative estimate of drug-likeness (QED) is 0.522. The molecule has 0 saturated heterocycles. The van der Waals surface area contributed by atoms with Crippen molar-refractivity contribution in [3.63, 3.8) is 0 Å². The number of carbonyl (C=O) groups excluding carboxylic acids is 1. The van der Waals surface area contributed by atoms with E-state index in [-0.39, 0.29) is 5.78 Å². The van der Waals surface area contributed by atoms with E-state index < -0.39 is 6.04 Å². The third-order valence-electron chi connectivity index (χ3n) is 1.70. The van der Waals surface area contributed by atoms with Crippen molar-refractivity contribution in [2.45, 2.75) is 6.04 Å². The minimum absolute atomic E-state index is 0.199. The summed E-state index contributed by atoms with van der Waals surface area (Å²) in [6.07, 6.45) is 4.80. The molecular weight excluding hydrogens is 178 g/mol. The molecule has 0 aromatic carbocycles. The molecule has 0 saturated carbocycles. The molecule has 1 heterocycles. The van der Waals surface area contributed by atoms with Gasteiger partial charge in [0.25, 0.3) is 0 Å². The molecule has 1 rings (SSSR count). The summed E-state index contributed by atoms with van der Waals surface area (Å²) < 4.78 is 0. The Morgan fingerprint density at radius 1 is 1.57 bits per heavy atom. The number of Topliss-reactive ketones (excluding diaryl/α,β-unsaturated/α-hetero) is 1. The number of aromatic nitrogens is 1. The minimum Gasteiger partial charge on any atom is -0.327 e. The summed E-state index contributed by atoms with van der Waals surface area (Å²) in [5, 5.41) is 0. The summed E-state index contributed by atoms with van der Waals surface area (Å²) >= 11 is 0. The zero-order valence-corrected chi connectivity index (χ0v) is 7.76. The van der Waals surface area contributed by atoms with Crippen LogP contribution in [0.4, 0.5) is 0 Å². The van der Waals surface area contributed by atoms with Crippen LogP contribution in [0.1, 0.15) is 10.5 Å². The molecule has 0 aliphatic rings. The molecule has 0 aliphatic carbocycles. The molecule has 14 heavy (non-hydrogen) atoms. The number of carbonyl (C=O) groups is 1. The summed E-state index contributed by atoms with van der Waals surface area (Å²) in [5.74, 6) is -0.199. The zero-order valence-electron chi connectivity index (χ0n) is 7.76. The van der Waals surface area contributed by atoms with Crippen molar-refractivity contribution in [1.29, 1.82) is 0 Å². The predicted molar refractivity (Wildman–Crippen MR) is 54.7 cm³/mol. The van der Waals surface area contributed by atoms with E-state index >= 15 is 0 Å². The maximum Gasteiger partial charge on any atom is 0.201 e. The molecule has 1 unspecified atom stereocenters. The molecule has 0 amide bonds. The van der Waals surface area contributed by atoms with Gasteiger partial charge >= 0.3 is 0 Å². The van der Waals surface area contributed by atoms with Gasteiger partial charge in [-0.3, -0.25) is 9.78 Å². The summed E-state index contributed by atoms with van der Waals surface area (Å²) in [4.78, 5) is 15.5. The molecule has 4 heteroatoms. The molecule has 4 N–H and O–H groups in total. The maximum absolute atomic E-state index is 11.6. The van der Waals surface area contributed by atoms with Crippen molar-refractivity contribution in [1.82, 2.24) is 4.98 Å². The standard InChI is InChI=1S/C10H13N3O/c11-6-3-4-8(12)10(14)9-5-1-2-7-13-9/h1-5,7-8H,6,11-12H2. The Kier molecular flexibility index (Phi) is 3.97. The molecule has 74 valence electrons. The monoisotopic (exact) mass is 191 g/mol. The van der Waals surface area contributed by atoms with Crippen LogP contribution in [0, 0.1) is 0 Å². The fourth-order valence-electron chi connectivity index (χ4n) is 0.992. The van der Waals surface area contributed by atoms with E-state index in [1.165, 1.54) is 0 Å². The molecule has 1 atom stereocenters. The fourth-order valence-corrected chi connectivity index (χ4v) is 0.992. The highest BCUT2D eigenvalue weighted by molar-refractivity contribution is 5.99. The first kappa shape index (κ1) is 10.6. The van der Waals surface area contributed by atoms with Gasteiger partial charge in [0.1, 0.15) is 5.69 Å². The Bertz CT molecular complexity index is 321. The van der Waals surface area contributed by atoms with Crippen LogP contribution >= 0.6 is 0 Å². The van der Waals surface area contributed by atoms with E-state index in [0.29, 0.717) is 12.2 Å². The van der Waals surface area contributed by atoms with E-state index in [9.17, 15) is 4.79 Å². The van der Waals surface area contributed by atoms with Crippen LogP contribution in [0.3, 0.4) is 0 Å². The predicted octanol–water partition coefficient (Wildman–Crippen LogP) is 0.106. The first-order chi connectivity index (χ1) is 6.75. The van der Waals surface area contributed by atoms with Gasteiger partial charge < -0.3 is 11.5 Å². The Labute approximate surface area is 82.6 Å². The largest absolute Gasteiger partial charge is 0.327 e. The number of hydrogen-bond acceptors (Lipinski definition) is 4. The molecule has 0 radical (unpaired) electrons. The van der Waals surface area contributed by atoms with Crippen LogP contribution in [0.2, 0.25) is 0 Å². The maximum atomic E-state index is 11.6. The lowest BCUT2D eigenvalue weighted by atomic mass is 10.1. The second kappa shape index (κ2) is 5.26. The van der Waals surface area contributed by atoms with Crippen molar-refractivity contribution in [2.24, 2.45) is 11.5 Å². The molecule has 0 fully saturated rings. The summed E-state index contributed by atoms with van der Waals surface area (Å²) in [5.41, 5.74) is 11.2. The fraction of sp³-hybridized carbons (Fsp3) is 0.200. The van der Waals surface area contributed by atoms with Crippen molar-refractivity contribution in [3.8, 4) is 0 Å². The molecule has 0 aliphatic heterocycles. The summed E-state index contributed by atoms with van der Waals surface area (Å²) in [6.45, 7) is 0.378. The molecule has 0 spiro atoms. The van der Waals surface area contributed by atoms with Gasteiger partial charge in [-0.25, -0.2) is 0 Å². The van der Waals surface area contributed by atoms with E-state index in [1.54, 1.807) is 36.5 Å². The Morgan fingerprint density at radius 2 is 2.36 bits per heavy atom. The van der Waals surface area contributed by atoms with Crippen LogP contribution in [-0.2, 0) is 0 Å². The smallest absolute Gasteiger partial charge is 0.201 e. The van der Waals surface area contributed by atoms with Gasteiger partial charge in [0.05, 0.1) is 6.04 Å². The lowest BCUT2D eigenvalue weighted by molar-refractivity contribution is 0.0973. The Balaban J connectivity index is 2.71. The first-order valence-electron chi connectivity index (χ1n) is 4.33. The Morgan fingerprint density at radius 3 is 2.93 bits per heavy atom. The minimum atomic E-state index is -0.659. The van der Waals surface area contributed by atoms with Gasteiger partial charge in [-0.05, 0) is 12.1 Å². The van der Waals surface area contributed by atoms with Gasteiger partial charge in [0.15, 0.2) is 0 Å². The summed E-state index contributed by atoms with van der Waals surface area (Å²) in [7, 11) is 0. The third kappa shape index (κ3) is 2.76. The van der Waals surface area contributed by atoms with Crippen molar-refractivity contribution in [3.05, 3.63) is 42.2 Å². The van der Waals surface area contributed by atoms with Gasteiger partial charge in [-0.15, -0.1) is 0 Å². The number of hydrogen-bond donors (Lipinski definition) is 2. The van der Waals surface area contributed by atoms with Crippen molar-refractivity contribution in [2.75, 3.05) is 6.54 Å². The van der Waals surface area contributed by atoms with Gasteiger partial charge in [-0.2, -0.15) is 0 Å². The van der Waals surface area contributed by atoms with Gasteiger partial charge in [0.2, 0.25) is 5.78 Å². The third-order valence-corrected chi connectivity index (χ3v) is 1.70. The van der Waals surface area contributed by atoms with E-state index in [1.807, 2.05) is 0 Å². The van der Waals surface area contributed by atoms with Crippen molar-refractivity contribution >= 4 is 5.78 Å². The highest BCUT2D eigenvalue weighted by atomic mass is 16.1. The second-order valence-electron chi connectivity index (χ2n) is 2.77. The number of ketones is 1. The molecule has 1 aromatic heterocycles. The average molecular weight is 191 g/mol. The molecule has 1 aromatic rings. The number of rotatable bonds is 4. The normalized spacial score (nSPS) is 13.0. The highest BCUT2D eigenvalue weighted by Crippen LogP contribution is 1.98. The number of pyridine rings is 1. The molecule has 4 nitrogen and oxygen atoms in total. The van der Waals surface area contributed by atoms with Crippen molar-refractivity contribution < 1.29 is 4.79 Å². The van der Waals surface area contributed by atoms with Gasteiger partial charge in [-0.1, -0.05) is 18.2 Å². The average Bonchev–Trinajstić information content (AvgIpc) is 2.26. The SMILES string of the molecule is NCC=CC(N)C(=O)c1ccccn1. The second-order valence-corrected chi connectivity index (χ2v) is 2.77.